The third-order valence-corrected chi connectivity index (χ3v) is 5.61. The van der Waals surface area contributed by atoms with Gasteiger partial charge in [0.25, 0.3) is 0 Å². The van der Waals surface area contributed by atoms with E-state index < -0.39 is 17.1 Å². The van der Waals surface area contributed by atoms with E-state index in [1.165, 1.54) is 0 Å². The highest BCUT2D eigenvalue weighted by molar-refractivity contribution is 5.00. The third-order valence-electron chi connectivity index (χ3n) is 5.61. The van der Waals surface area contributed by atoms with Gasteiger partial charge in [0, 0.05) is 18.1 Å². The van der Waals surface area contributed by atoms with Gasteiger partial charge in [0.2, 0.25) is 0 Å². The van der Waals surface area contributed by atoms with Crippen molar-refractivity contribution in [2.24, 2.45) is 0 Å². The van der Waals surface area contributed by atoms with Gasteiger partial charge in [0.15, 0.2) is 0 Å². The van der Waals surface area contributed by atoms with Crippen molar-refractivity contribution >= 4 is 0 Å². The SMILES string of the molecule is CC(C)n1cc(Cn2c(=O)n(Cc3cn(C(C)C)nn3)c(=O)n(Cc3cn(C(C)C)nn3)c2=O)nn1. The molecule has 0 spiro atoms. The van der Waals surface area contributed by atoms with Gasteiger partial charge in [0.05, 0.1) is 38.2 Å². The normalized spacial score (nSPS) is 11.9. The van der Waals surface area contributed by atoms with Gasteiger partial charge in [0.1, 0.15) is 17.1 Å². The summed E-state index contributed by atoms with van der Waals surface area (Å²) in [6, 6.07) is 0.169. The minimum atomic E-state index is -0.773. The van der Waals surface area contributed by atoms with E-state index in [1.807, 2.05) is 41.5 Å². The number of aromatic nitrogens is 12. The van der Waals surface area contributed by atoms with Crippen LogP contribution >= 0.6 is 0 Å². The Kier molecular flexibility index (Phi) is 6.81. The van der Waals surface area contributed by atoms with E-state index in [0.717, 1.165) is 13.7 Å². The number of hydrogen-bond donors (Lipinski definition) is 0. The van der Waals surface area contributed by atoms with E-state index in [4.69, 9.17) is 0 Å². The second kappa shape index (κ2) is 9.83. The van der Waals surface area contributed by atoms with E-state index in [0.29, 0.717) is 17.1 Å². The standard InChI is InChI=1S/C21H30N12O3/c1-13(2)31-10-16(22-25-31)7-28-19(34)29(8-17-11-32(14(3)4)26-23-17)21(36)30(20(28)35)9-18-12-33(15(5)6)27-24-18/h10-15H,7-9H2,1-6H3. The van der Waals surface area contributed by atoms with Crippen LogP contribution in [-0.4, -0.2) is 58.7 Å². The largest absolute Gasteiger partial charge is 0.337 e. The van der Waals surface area contributed by atoms with Crippen molar-refractivity contribution in [3.05, 3.63) is 67.1 Å². The molecule has 0 radical (unpaired) electrons. The van der Waals surface area contributed by atoms with Gasteiger partial charge < -0.3 is 0 Å². The van der Waals surface area contributed by atoms with Crippen molar-refractivity contribution in [1.29, 1.82) is 0 Å². The second-order valence-electron chi connectivity index (χ2n) is 9.46. The Morgan fingerprint density at radius 3 is 0.972 bits per heavy atom. The van der Waals surface area contributed by atoms with Crippen molar-refractivity contribution in [2.75, 3.05) is 0 Å². The summed E-state index contributed by atoms with van der Waals surface area (Å²) >= 11 is 0. The fraction of sp³-hybridized carbons (Fsp3) is 0.571. The molecule has 0 aliphatic heterocycles. The van der Waals surface area contributed by atoms with Crippen LogP contribution in [0.5, 0.6) is 0 Å². The summed E-state index contributed by atoms with van der Waals surface area (Å²) in [5.41, 5.74) is -1.08. The lowest BCUT2D eigenvalue weighted by atomic mass is 10.4. The first-order valence-corrected chi connectivity index (χ1v) is 11.7. The van der Waals surface area contributed by atoms with Gasteiger partial charge in [-0.15, -0.1) is 15.3 Å². The van der Waals surface area contributed by atoms with Gasteiger partial charge in [-0.2, -0.15) is 0 Å². The molecule has 0 aliphatic rings. The maximum absolute atomic E-state index is 13.4. The average Bonchev–Trinajstić information content (AvgIpc) is 3.58. The van der Waals surface area contributed by atoms with E-state index in [2.05, 4.69) is 30.9 Å². The summed E-state index contributed by atoms with van der Waals surface area (Å²) in [6.07, 6.45) is 5.00. The molecule has 0 saturated carbocycles. The molecule has 0 aromatic carbocycles. The number of nitrogens with zero attached hydrogens (tertiary/aromatic N) is 12. The topological polar surface area (TPSA) is 158 Å². The molecule has 36 heavy (non-hydrogen) atoms. The summed E-state index contributed by atoms with van der Waals surface area (Å²) in [6.45, 7) is 11.2. The van der Waals surface area contributed by atoms with Gasteiger partial charge in [-0.3, -0.25) is 0 Å². The summed E-state index contributed by atoms with van der Waals surface area (Å²) in [5.74, 6) is 0. The molecule has 0 unspecified atom stereocenters. The Bertz CT molecular complexity index is 1320. The molecule has 0 aliphatic carbocycles. The van der Waals surface area contributed by atoms with Gasteiger partial charge >= 0.3 is 17.1 Å². The first-order valence-electron chi connectivity index (χ1n) is 11.7. The molecule has 4 heterocycles. The fourth-order valence-electron chi connectivity index (χ4n) is 3.49. The van der Waals surface area contributed by atoms with Gasteiger partial charge in [-0.1, -0.05) is 15.6 Å². The Labute approximate surface area is 205 Å². The maximum Gasteiger partial charge on any atom is 0.337 e. The van der Waals surface area contributed by atoms with Crippen LogP contribution < -0.4 is 17.1 Å². The zero-order chi connectivity index (χ0) is 26.1. The minimum absolute atomic E-state index is 0.0562. The monoisotopic (exact) mass is 498 g/mol. The summed E-state index contributed by atoms with van der Waals surface area (Å²) in [5, 5.41) is 24.3. The summed E-state index contributed by atoms with van der Waals surface area (Å²) in [4.78, 5) is 40.1. The van der Waals surface area contributed by atoms with Crippen molar-refractivity contribution in [2.45, 2.75) is 79.3 Å². The van der Waals surface area contributed by atoms with Crippen LogP contribution in [0, 0.1) is 0 Å². The molecule has 4 rings (SSSR count). The minimum Gasteiger partial charge on any atom is -0.250 e. The maximum atomic E-state index is 13.4. The Morgan fingerprint density at radius 1 is 0.528 bits per heavy atom. The molecule has 0 N–H and O–H groups in total. The molecule has 0 saturated heterocycles. The Hall–Kier alpha value is -4.17. The van der Waals surface area contributed by atoms with E-state index in [1.54, 1.807) is 32.6 Å². The van der Waals surface area contributed by atoms with E-state index in [9.17, 15) is 14.4 Å². The van der Waals surface area contributed by atoms with Crippen molar-refractivity contribution in [3.63, 3.8) is 0 Å². The first-order chi connectivity index (χ1) is 17.0. The summed E-state index contributed by atoms with van der Waals surface area (Å²) < 4.78 is 7.79. The van der Waals surface area contributed by atoms with Crippen LogP contribution in [0.1, 0.15) is 76.7 Å². The lowest BCUT2D eigenvalue weighted by Gasteiger charge is -2.12. The van der Waals surface area contributed by atoms with Crippen molar-refractivity contribution in [3.8, 4) is 0 Å². The molecule has 4 aromatic heterocycles. The first kappa shape index (κ1) is 24.9. The average molecular weight is 499 g/mol. The van der Waals surface area contributed by atoms with Crippen LogP contribution in [0.4, 0.5) is 0 Å². The summed E-state index contributed by atoms with van der Waals surface area (Å²) in [7, 11) is 0. The predicted molar refractivity (Wildman–Crippen MR) is 128 cm³/mol. The zero-order valence-corrected chi connectivity index (χ0v) is 21.2. The molecule has 4 aromatic rings. The Morgan fingerprint density at radius 2 is 0.778 bits per heavy atom. The molecule has 0 fully saturated rings. The van der Waals surface area contributed by atoms with Crippen LogP contribution in [0.25, 0.3) is 0 Å². The molecule has 0 atom stereocenters. The number of hydrogen-bond acceptors (Lipinski definition) is 9. The Balaban J connectivity index is 1.81. The fourth-order valence-corrected chi connectivity index (χ4v) is 3.49. The second-order valence-corrected chi connectivity index (χ2v) is 9.46. The van der Waals surface area contributed by atoms with Gasteiger partial charge in [-0.05, 0) is 41.5 Å². The molecular weight excluding hydrogens is 468 g/mol. The highest BCUT2D eigenvalue weighted by Gasteiger charge is 2.20. The lowest BCUT2D eigenvalue weighted by Crippen LogP contribution is -2.55. The molecule has 0 amide bonds. The van der Waals surface area contributed by atoms with Gasteiger partial charge in [-0.25, -0.2) is 42.1 Å². The highest BCUT2D eigenvalue weighted by atomic mass is 16.2. The molecule has 15 heteroatoms. The quantitative estimate of drug-likeness (QED) is 0.305. The van der Waals surface area contributed by atoms with Crippen LogP contribution in [0.15, 0.2) is 33.0 Å². The highest BCUT2D eigenvalue weighted by Crippen LogP contribution is 2.05. The molecular formula is C21H30N12O3. The van der Waals surface area contributed by atoms with Crippen molar-refractivity contribution in [1.82, 2.24) is 58.7 Å². The molecule has 0 bridgehead atoms. The van der Waals surface area contributed by atoms with Crippen LogP contribution in [0.3, 0.4) is 0 Å². The van der Waals surface area contributed by atoms with Crippen LogP contribution in [-0.2, 0) is 19.6 Å². The van der Waals surface area contributed by atoms with Crippen molar-refractivity contribution < 1.29 is 0 Å². The van der Waals surface area contributed by atoms with E-state index >= 15 is 0 Å². The number of rotatable bonds is 9. The molecule has 192 valence electrons. The predicted octanol–water partition coefficient (Wildman–Crippen LogP) is -0.166. The van der Waals surface area contributed by atoms with Crippen LogP contribution in [0.2, 0.25) is 0 Å². The molecule has 15 nitrogen and oxygen atoms in total. The third kappa shape index (κ3) is 4.94. The van der Waals surface area contributed by atoms with E-state index in [-0.39, 0.29) is 37.8 Å². The lowest BCUT2D eigenvalue weighted by molar-refractivity contribution is 0.484. The smallest absolute Gasteiger partial charge is 0.250 e. The zero-order valence-electron chi connectivity index (χ0n) is 21.2.